The van der Waals surface area contributed by atoms with Crippen LogP contribution in [0.2, 0.25) is 0 Å². The van der Waals surface area contributed by atoms with Crippen LogP contribution in [0.25, 0.3) is 11.0 Å². The van der Waals surface area contributed by atoms with E-state index >= 15 is 0 Å². The van der Waals surface area contributed by atoms with Crippen LogP contribution >= 0.6 is 0 Å². The molecule has 0 radical (unpaired) electrons. The maximum atomic E-state index is 13.6. The Bertz CT molecular complexity index is 1510. The summed E-state index contributed by atoms with van der Waals surface area (Å²) in [5.41, 5.74) is 6.30. The lowest BCUT2D eigenvalue weighted by atomic mass is 10.0. The minimum Gasteiger partial charge on any atom is -0.477 e. The zero-order valence-corrected chi connectivity index (χ0v) is 19.9. The average molecular weight is 503 g/mol. The molecule has 11 nitrogen and oxygen atoms in total. The number of hydrogen-bond donors (Lipinski definition) is 2. The predicted molar refractivity (Wildman–Crippen MR) is 132 cm³/mol. The lowest BCUT2D eigenvalue weighted by molar-refractivity contribution is -0.133. The molecule has 2 heterocycles. The third-order valence-corrected chi connectivity index (χ3v) is 6.03. The number of carbonyl (C=O) groups excluding carboxylic acids is 2. The number of nitrogens with zero attached hydrogens (tertiary/aromatic N) is 5. The lowest BCUT2D eigenvalue weighted by Crippen LogP contribution is -2.41. The normalized spacial score (nSPS) is 13.6. The number of nitrogens with two attached hydrogens (primary N) is 1. The van der Waals surface area contributed by atoms with E-state index in [0.29, 0.717) is 35.2 Å². The van der Waals surface area contributed by atoms with Crippen molar-refractivity contribution in [3.63, 3.8) is 0 Å². The quantitative estimate of drug-likeness (QED) is 0.346. The Hall–Kier alpha value is -4.87. The summed E-state index contributed by atoms with van der Waals surface area (Å²) in [5.74, 6) is -0.836. The summed E-state index contributed by atoms with van der Waals surface area (Å²) in [7, 11) is 2.95. The Morgan fingerprint density at radius 1 is 0.973 bits per heavy atom. The van der Waals surface area contributed by atoms with Crippen molar-refractivity contribution in [2.45, 2.75) is 12.8 Å². The van der Waals surface area contributed by atoms with Crippen LogP contribution in [0.3, 0.4) is 0 Å². The number of benzene rings is 2. The molecule has 3 N–H and O–H groups in total. The van der Waals surface area contributed by atoms with Crippen molar-refractivity contribution >= 4 is 46.0 Å². The van der Waals surface area contributed by atoms with Crippen molar-refractivity contribution in [1.82, 2.24) is 19.9 Å². The second-order valence-electron chi connectivity index (χ2n) is 8.37. The highest BCUT2D eigenvalue weighted by atomic mass is 19.1. The molecule has 0 bridgehead atoms. The van der Waals surface area contributed by atoms with E-state index in [0.717, 1.165) is 0 Å². The second kappa shape index (κ2) is 9.30. The predicted octanol–water partition coefficient (Wildman–Crippen LogP) is 3.25. The van der Waals surface area contributed by atoms with Gasteiger partial charge in [0.1, 0.15) is 17.1 Å². The van der Waals surface area contributed by atoms with Gasteiger partial charge in [0.25, 0.3) is 11.8 Å². The number of halogens is 1. The largest absolute Gasteiger partial charge is 0.477 e. The molecule has 0 atom stereocenters. The van der Waals surface area contributed by atoms with Crippen molar-refractivity contribution in [2.75, 3.05) is 24.4 Å². The third-order valence-electron chi connectivity index (χ3n) is 6.03. The SMILES string of the molecule is COc1nc2ccc(Nc3nccc(N(C(=O)C4(C(N)=O)CC4)c4ccc(F)cc4)n3)cc2nc1OC. The third kappa shape index (κ3) is 4.44. The molecule has 188 valence electrons. The van der Waals surface area contributed by atoms with Crippen molar-refractivity contribution in [2.24, 2.45) is 11.1 Å². The molecule has 0 saturated heterocycles. The maximum Gasteiger partial charge on any atom is 0.278 e. The molecule has 1 saturated carbocycles. The van der Waals surface area contributed by atoms with Crippen LogP contribution in [-0.4, -0.2) is 46.0 Å². The molecule has 2 aromatic carbocycles. The second-order valence-corrected chi connectivity index (χ2v) is 8.37. The Labute approximate surface area is 210 Å². The first kappa shape index (κ1) is 23.9. The number of methoxy groups -OCH3 is 2. The molecule has 1 aliphatic carbocycles. The van der Waals surface area contributed by atoms with Gasteiger partial charge in [0.2, 0.25) is 17.8 Å². The topological polar surface area (TPSA) is 145 Å². The van der Waals surface area contributed by atoms with Gasteiger partial charge in [0, 0.05) is 18.0 Å². The summed E-state index contributed by atoms with van der Waals surface area (Å²) in [6.07, 6.45) is 2.13. The highest BCUT2D eigenvalue weighted by Crippen LogP contribution is 2.48. The molecule has 37 heavy (non-hydrogen) atoms. The first-order chi connectivity index (χ1) is 17.8. The van der Waals surface area contributed by atoms with E-state index in [4.69, 9.17) is 15.2 Å². The fraction of sp³-hybridized carbons (Fsp3) is 0.200. The Morgan fingerprint density at radius 3 is 2.27 bits per heavy atom. The summed E-state index contributed by atoms with van der Waals surface area (Å²) in [5, 5.41) is 3.08. The van der Waals surface area contributed by atoms with Gasteiger partial charge in [-0.1, -0.05) is 0 Å². The van der Waals surface area contributed by atoms with Crippen LogP contribution in [0.15, 0.2) is 54.7 Å². The van der Waals surface area contributed by atoms with Crippen LogP contribution < -0.4 is 25.4 Å². The van der Waals surface area contributed by atoms with Gasteiger partial charge in [-0.3, -0.25) is 14.5 Å². The Kier molecular flexibility index (Phi) is 5.99. The van der Waals surface area contributed by atoms with E-state index in [1.54, 1.807) is 18.2 Å². The lowest BCUT2D eigenvalue weighted by Gasteiger charge is -2.25. The van der Waals surface area contributed by atoms with E-state index in [1.165, 1.54) is 55.6 Å². The van der Waals surface area contributed by atoms with Gasteiger partial charge in [0.05, 0.1) is 30.9 Å². The summed E-state index contributed by atoms with van der Waals surface area (Å²) in [6, 6.07) is 12.1. The van der Waals surface area contributed by atoms with Gasteiger partial charge < -0.3 is 20.5 Å². The molecular weight excluding hydrogens is 481 g/mol. The number of fused-ring (bicyclic) bond motifs is 1. The average Bonchev–Trinajstić information content (AvgIpc) is 3.72. The zero-order chi connectivity index (χ0) is 26.2. The molecule has 0 unspecified atom stereocenters. The summed E-state index contributed by atoms with van der Waals surface area (Å²) in [6.45, 7) is 0. The molecular formula is C25H22FN7O4. The van der Waals surface area contributed by atoms with E-state index in [1.807, 2.05) is 0 Å². The van der Waals surface area contributed by atoms with Gasteiger partial charge in [-0.05, 0) is 55.3 Å². The summed E-state index contributed by atoms with van der Waals surface area (Å²) < 4.78 is 24.0. The summed E-state index contributed by atoms with van der Waals surface area (Å²) in [4.78, 5) is 44.4. The van der Waals surface area contributed by atoms with Crippen LogP contribution in [0.4, 0.5) is 27.5 Å². The Morgan fingerprint density at radius 2 is 1.65 bits per heavy atom. The smallest absolute Gasteiger partial charge is 0.278 e. The fourth-order valence-corrected chi connectivity index (χ4v) is 3.88. The highest BCUT2D eigenvalue weighted by Gasteiger charge is 2.57. The van der Waals surface area contributed by atoms with Crippen molar-refractivity contribution in [3.8, 4) is 11.8 Å². The maximum absolute atomic E-state index is 13.6. The monoisotopic (exact) mass is 503 g/mol. The molecule has 1 aliphatic rings. The number of nitrogens with one attached hydrogen (secondary N) is 1. The number of aromatic nitrogens is 4. The first-order valence-electron chi connectivity index (χ1n) is 11.2. The number of carbonyl (C=O) groups is 2. The van der Waals surface area contributed by atoms with Crippen molar-refractivity contribution < 1.29 is 23.5 Å². The van der Waals surface area contributed by atoms with Crippen LogP contribution in [0, 0.1) is 11.2 Å². The van der Waals surface area contributed by atoms with Gasteiger partial charge in [-0.2, -0.15) is 4.98 Å². The summed E-state index contributed by atoms with van der Waals surface area (Å²) >= 11 is 0. The molecule has 0 aliphatic heterocycles. The van der Waals surface area contributed by atoms with Crippen LogP contribution in [-0.2, 0) is 9.59 Å². The Balaban J connectivity index is 1.50. The van der Waals surface area contributed by atoms with Gasteiger partial charge in [-0.25, -0.2) is 19.3 Å². The standard InChI is InChI=1S/C25H22FN7O4/c1-36-20-21(37-2)31-18-13-15(5-8-17(18)30-20)29-24-28-12-9-19(32-24)33(16-6-3-14(26)4-7-16)23(35)25(10-11-25)22(27)34/h3-9,12-13H,10-11H2,1-2H3,(H2,27,34)(H,28,29,32). The molecule has 4 aromatic rings. The number of primary amides is 1. The van der Waals surface area contributed by atoms with Crippen LogP contribution in [0.1, 0.15) is 12.8 Å². The van der Waals surface area contributed by atoms with Gasteiger partial charge >= 0.3 is 0 Å². The van der Waals surface area contributed by atoms with Gasteiger partial charge in [0.15, 0.2) is 0 Å². The number of rotatable bonds is 8. The molecule has 2 amide bonds. The molecule has 0 spiro atoms. The number of hydrogen-bond acceptors (Lipinski definition) is 9. The molecule has 12 heteroatoms. The van der Waals surface area contributed by atoms with E-state index in [9.17, 15) is 14.0 Å². The molecule has 5 rings (SSSR count). The van der Waals surface area contributed by atoms with Crippen molar-refractivity contribution in [1.29, 1.82) is 0 Å². The van der Waals surface area contributed by atoms with Crippen LogP contribution in [0.5, 0.6) is 11.8 Å². The van der Waals surface area contributed by atoms with E-state index in [2.05, 4.69) is 25.3 Å². The van der Waals surface area contributed by atoms with Gasteiger partial charge in [-0.15, -0.1) is 0 Å². The number of amides is 2. The van der Waals surface area contributed by atoms with Crippen molar-refractivity contribution in [3.05, 3.63) is 60.5 Å². The fourth-order valence-electron chi connectivity index (χ4n) is 3.88. The first-order valence-corrected chi connectivity index (χ1v) is 11.2. The van der Waals surface area contributed by atoms with E-state index in [-0.39, 0.29) is 23.5 Å². The minimum atomic E-state index is -1.32. The number of anilines is 4. The molecule has 1 fully saturated rings. The zero-order valence-electron chi connectivity index (χ0n) is 19.9. The number of ether oxygens (including phenoxy) is 2. The van der Waals surface area contributed by atoms with E-state index < -0.39 is 23.0 Å². The minimum absolute atomic E-state index is 0.175. The highest BCUT2D eigenvalue weighted by molar-refractivity contribution is 6.16. The molecule has 2 aromatic heterocycles.